The van der Waals surface area contributed by atoms with Gasteiger partial charge >= 0.3 is 0 Å². The van der Waals surface area contributed by atoms with Crippen LogP contribution in [0.1, 0.15) is 79.2 Å². The lowest BCUT2D eigenvalue weighted by atomic mass is 9.82. The van der Waals surface area contributed by atoms with E-state index >= 15 is 0 Å². The van der Waals surface area contributed by atoms with Gasteiger partial charge in [0.15, 0.2) is 0 Å². The first-order valence-corrected chi connectivity index (χ1v) is 12.9. The van der Waals surface area contributed by atoms with E-state index in [-0.39, 0.29) is 0 Å². The number of benzene rings is 2. The minimum absolute atomic E-state index is 0.448. The van der Waals surface area contributed by atoms with Gasteiger partial charge < -0.3 is 25.2 Å². The van der Waals surface area contributed by atoms with Gasteiger partial charge in [0.2, 0.25) is 0 Å². The zero-order valence-corrected chi connectivity index (χ0v) is 20.2. The Morgan fingerprint density at radius 2 is 1.59 bits per heavy atom. The molecule has 0 amide bonds. The lowest BCUT2D eigenvalue weighted by Crippen LogP contribution is -2.55. The molecule has 0 aromatic heterocycles. The highest BCUT2D eigenvalue weighted by Crippen LogP contribution is 2.55. The molecule has 1 saturated heterocycles. The Kier molecular flexibility index (Phi) is 7.04. The van der Waals surface area contributed by atoms with Crippen molar-refractivity contribution in [3.05, 3.63) is 69.7 Å². The highest BCUT2D eigenvalue weighted by atomic mass is 35.5. The van der Waals surface area contributed by atoms with E-state index in [4.69, 9.17) is 16.3 Å². The Balaban J connectivity index is 1.30. The maximum atomic E-state index is 10.5. The summed E-state index contributed by atoms with van der Waals surface area (Å²) in [6.07, 6.45) is 4.38. The maximum Gasteiger partial charge on any atom is 0.113 e. The summed E-state index contributed by atoms with van der Waals surface area (Å²) in [5.41, 5.74) is 4.76. The highest BCUT2D eigenvalue weighted by molar-refractivity contribution is 6.31. The second kappa shape index (κ2) is 9.88. The maximum absolute atomic E-state index is 10.5. The molecule has 2 aromatic rings. The van der Waals surface area contributed by atoms with E-state index < -0.39 is 37.1 Å². The van der Waals surface area contributed by atoms with E-state index in [0.717, 1.165) is 11.1 Å². The van der Waals surface area contributed by atoms with Gasteiger partial charge in [-0.05, 0) is 78.2 Å². The Morgan fingerprint density at radius 3 is 2.29 bits per heavy atom. The van der Waals surface area contributed by atoms with Crippen molar-refractivity contribution in [2.45, 2.75) is 87.8 Å². The summed E-state index contributed by atoms with van der Waals surface area (Å²) in [4.78, 5) is 0. The number of hydrogen-bond donors (Lipinski definition) is 4. The lowest BCUT2D eigenvalue weighted by molar-refractivity contribution is -0.231. The molecule has 1 heterocycles. The largest absolute Gasteiger partial charge is 0.394 e. The zero-order chi connectivity index (χ0) is 23.9. The Bertz CT molecular complexity index is 985. The summed E-state index contributed by atoms with van der Waals surface area (Å²) in [5.74, 6) is 0.672. The lowest BCUT2D eigenvalue weighted by Gasteiger charge is -2.40. The third-order valence-electron chi connectivity index (χ3n) is 8.50. The molecular formula is C28H35ClO5. The molecule has 1 spiro atoms. The van der Waals surface area contributed by atoms with E-state index in [1.54, 1.807) is 12.1 Å². The van der Waals surface area contributed by atoms with Crippen molar-refractivity contribution in [1.82, 2.24) is 0 Å². The quantitative estimate of drug-likeness (QED) is 0.506. The average molecular weight is 487 g/mol. The smallest absolute Gasteiger partial charge is 0.113 e. The molecule has 2 saturated carbocycles. The molecule has 0 bridgehead atoms. The summed E-state index contributed by atoms with van der Waals surface area (Å²) in [5, 5.41) is 40.8. The molecule has 2 aromatic carbocycles. The molecule has 5 rings (SSSR count). The predicted octanol–water partition coefficient (Wildman–Crippen LogP) is 4.27. The first kappa shape index (κ1) is 24.2. The van der Waals surface area contributed by atoms with Gasteiger partial charge in [0.1, 0.15) is 30.5 Å². The van der Waals surface area contributed by atoms with Gasteiger partial charge in [-0.15, -0.1) is 0 Å². The van der Waals surface area contributed by atoms with Crippen LogP contribution < -0.4 is 0 Å². The molecule has 0 radical (unpaired) electrons. The third kappa shape index (κ3) is 4.67. The van der Waals surface area contributed by atoms with Crippen molar-refractivity contribution in [3.8, 4) is 0 Å². The van der Waals surface area contributed by atoms with E-state index in [1.165, 1.54) is 50.5 Å². The monoisotopic (exact) mass is 486 g/mol. The third-order valence-corrected chi connectivity index (χ3v) is 8.87. The number of aliphatic hydroxyl groups excluding tert-OH is 4. The minimum atomic E-state index is -1.40. The van der Waals surface area contributed by atoms with E-state index in [2.05, 4.69) is 24.3 Å². The Hall–Kier alpha value is -1.47. The summed E-state index contributed by atoms with van der Waals surface area (Å²) in [6.45, 7) is -0.448. The fourth-order valence-electron chi connectivity index (χ4n) is 6.48. The first-order valence-electron chi connectivity index (χ1n) is 12.6. The van der Waals surface area contributed by atoms with Gasteiger partial charge in [-0.1, -0.05) is 60.8 Å². The van der Waals surface area contributed by atoms with Crippen LogP contribution in [0, 0.1) is 5.41 Å². The first-order chi connectivity index (χ1) is 16.4. The number of rotatable bonds is 5. The molecule has 1 aliphatic heterocycles. The van der Waals surface area contributed by atoms with Crippen molar-refractivity contribution in [2.24, 2.45) is 5.41 Å². The van der Waals surface area contributed by atoms with Crippen molar-refractivity contribution in [2.75, 3.05) is 6.61 Å². The molecule has 3 fully saturated rings. The number of hydrogen-bond acceptors (Lipinski definition) is 5. The number of ether oxygens (including phenoxy) is 1. The minimum Gasteiger partial charge on any atom is -0.394 e. The van der Waals surface area contributed by atoms with E-state index in [9.17, 15) is 20.4 Å². The van der Waals surface area contributed by atoms with Crippen LogP contribution >= 0.6 is 11.6 Å². The molecule has 34 heavy (non-hydrogen) atoms. The Labute approximate surface area is 206 Å². The molecule has 4 N–H and O–H groups in total. The average Bonchev–Trinajstić information content (AvgIpc) is 3.49. The van der Waals surface area contributed by atoms with E-state index in [1.807, 2.05) is 6.07 Å². The van der Waals surface area contributed by atoms with Crippen LogP contribution in [-0.2, 0) is 11.2 Å². The summed E-state index contributed by atoms with van der Waals surface area (Å²) < 4.78 is 5.72. The van der Waals surface area contributed by atoms with Gasteiger partial charge in [0.25, 0.3) is 0 Å². The molecule has 2 aliphatic carbocycles. The van der Waals surface area contributed by atoms with Crippen LogP contribution in [0.15, 0.2) is 42.5 Å². The van der Waals surface area contributed by atoms with Crippen molar-refractivity contribution in [3.63, 3.8) is 0 Å². The van der Waals surface area contributed by atoms with Crippen LogP contribution in [0.5, 0.6) is 0 Å². The molecule has 5 nitrogen and oxygen atoms in total. The van der Waals surface area contributed by atoms with E-state index in [0.29, 0.717) is 28.3 Å². The molecule has 184 valence electrons. The zero-order valence-electron chi connectivity index (χ0n) is 19.4. The molecular weight excluding hydrogens is 452 g/mol. The highest BCUT2D eigenvalue weighted by Gasteiger charge is 2.44. The molecule has 6 heteroatoms. The SMILES string of the molecule is OCC1OC(c2ccc(Cl)c(Cc3ccc(C4CCC5(CCCC5)C4)cc3)c2)C(O)C(O)C1O. The summed E-state index contributed by atoms with van der Waals surface area (Å²) in [6, 6.07) is 14.3. The van der Waals surface area contributed by atoms with Crippen molar-refractivity contribution in [1.29, 1.82) is 0 Å². The fourth-order valence-corrected chi connectivity index (χ4v) is 6.67. The summed E-state index contributed by atoms with van der Waals surface area (Å²) >= 11 is 6.50. The van der Waals surface area contributed by atoms with Gasteiger partial charge in [-0.2, -0.15) is 0 Å². The van der Waals surface area contributed by atoms with Crippen LogP contribution in [-0.4, -0.2) is 51.4 Å². The number of halogens is 1. The summed E-state index contributed by atoms with van der Waals surface area (Å²) in [7, 11) is 0. The van der Waals surface area contributed by atoms with Crippen molar-refractivity contribution >= 4 is 11.6 Å². The second-order valence-corrected chi connectivity index (χ2v) is 11.1. The van der Waals surface area contributed by atoms with Gasteiger partial charge in [-0.25, -0.2) is 0 Å². The number of aliphatic hydroxyl groups is 4. The normalized spacial score (nSPS) is 33.0. The standard InChI is InChI=1S/C28H35ClO5/c29-22-8-7-19(27-26(33)25(32)24(31)23(16-30)34-27)14-21(22)13-17-3-5-18(6-4-17)20-9-12-28(15-20)10-1-2-11-28/h3-8,14,20,23-27,30-33H,1-2,9-13,15-16H2. The van der Waals surface area contributed by atoms with Crippen LogP contribution in [0.25, 0.3) is 0 Å². The van der Waals surface area contributed by atoms with Gasteiger partial charge in [0, 0.05) is 5.02 Å². The Morgan fingerprint density at radius 1 is 0.882 bits per heavy atom. The second-order valence-electron chi connectivity index (χ2n) is 10.7. The molecule has 6 unspecified atom stereocenters. The van der Waals surface area contributed by atoms with Crippen LogP contribution in [0.3, 0.4) is 0 Å². The predicted molar refractivity (Wildman–Crippen MR) is 131 cm³/mol. The van der Waals surface area contributed by atoms with Crippen LogP contribution in [0.2, 0.25) is 5.02 Å². The van der Waals surface area contributed by atoms with Crippen LogP contribution in [0.4, 0.5) is 0 Å². The molecule has 6 atom stereocenters. The van der Waals surface area contributed by atoms with Gasteiger partial charge in [-0.3, -0.25) is 0 Å². The fraction of sp³-hybridized carbons (Fsp3) is 0.571. The topological polar surface area (TPSA) is 90.2 Å². The van der Waals surface area contributed by atoms with Gasteiger partial charge in [0.05, 0.1) is 6.61 Å². The van der Waals surface area contributed by atoms with Crippen molar-refractivity contribution < 1.29 is 25.2 Å². The molecule has 3 aliphatic rings.